The molecule has 0 bridgehead atoms. The van der Waals surface area contributed by atoms with Crippen LogP contribution < -0.4 is 16.4 Å². The normalized spacial score (nSPS) is 11.3. The SMILES string of the molecule is CCCCCCNC(N)=NCc1ccc(C(=O)NCCCC)cc1. The number of benzene rings is 1. The summed E-state index contributed by atoms with van der Waals surface area (Å²) in [7, 11) is 0. The van der Waals surface area contributed by atoms with E-state index in [1.165, 1.54) is 19.3 Å². The molecule has 0 spiro atoms. The monoisotopic (exact) mass is 332 g/mol. The lowest BCUT2D eigenvalue weighted by Crippen LogP contribution is -2.32. The van der Waals surface area contributed by atoms with Crippen LogP contribution >= 0.6 is 0 Å². The molecule has 0 aliphatic carbocycles. The van der Waals surface area contributed by atoms with Gasteiger partial charge in [-0.25, -0.2) is 4.99 Å². The highest BCUT2D eigenvalue weighted by Gasteiger charge is 2.04. The van der Waals surface area contributed by atoms with E-state index in [2.05, 4.69) is 29.5 Å². The highest BCUT2D eigenvalue weighted by atomic mass is 16.1. The van der Waals surface area contributed by atoms with Gasteiger partial charge in [0, 0.05) is 18.7 Å². The maximum atomic E-state index is 11.9. The van der Waals surface area contributed by atoms with Crippen LogP contribution in [0.15, 0.2) is 29.3 Å². The first-order valence-electron chi connectivity index (χ1n) is 9.08. The summed E-state index contributed by atoms with van der Waals surface area (Å²) in [5.41, 5.74) is 7.58. The van der Waals surface area contributed by atoms with Crippen LogP contribution in [0.25, 0.3) is 0 Å². The van der Waals surface area contributed by atoms with Gasteiger partial charge in [0.25, 0.3) is 5.91 Å². The number of nitrogens with two attached hydrogens (primary N) is 1. The largest absolute Gasteiger partial charge is 0.370 e. The van der Waals surface area contributed by atoms with Crippen LogP contribution in [-0.4, -0.2) is 25.0 Å². The summed E-state index contributed by atoms with van der Waals surface area (Å²) in [4.78, 5) is 16.3. The summed E-state index contributed by atoms with van der Waals surface area (Å²) in [5, 5.41) is 6.04. The lowest BCUT2D eigenvalue weighted by molar-refractivity contribution is 0.0953. The Morgan fingerprint density at radius 2 is 1.62 bits per heavy atom. The van der Waals surface area contributed by atoms with E-state index in [1.54, 1.807) is 0 Å². The lowest BCUT2D eigenvalue weighted by Gasteiger charge is -2.06. The number of hydrogen-bond acceptors (Lipinski definition) is 2. The molecular formula is C19H32N4O. The van der Waals surface area contributed by atoms with Crippen LogP contribution in [0, 0.1) is 0 Å². The van der Waals surface area contributed by atoms with Crippen molar-refractivity contribution in [2.45, 2.75) is 58.9 Å². The quantitative estimate of drug-likeness (QED) is 0.331. The van der Waals surface area contributed by atoms with Crippen molar-refractivity contribution in [1.29, 1.82) is 0 Å². The molecule has 24 heavy (non-hydrogen) atoms. The van der Waals surface area contributed by atoms with E-state index in [0.717, 1.165) is 37.9 Å². The minimum Gasteiger partial charge on any atom is -0.370 e. The average Bonchev–Trinajstić information content (AvgIpc) is 2.60. The molecule has 0 unspecified atom stereocenters. The van der Waals surface area contributed by atoms with Gasteiger partial charge in [-0.3, -0.25) is 4.79 Å². The van der Waals surface area contributed by atoms with Gasteiger partial charge in [-0.2, -0.15) is 0 Å². The molecule has 134 valence electrons. The molecule has 0 radical (unpaired) electrons. The van der Waals surface area contributed by atoms with Gasteiger partial charge in [-0.15, -0.1) is 0 Å². The second kappa shape index (κ2) is 12.4. The van der Waals surface area contributed by atoms with E-state index in [0.29, 0.717) is 18.1 Å². The van der Waals surface area contributed by atoms with Crippen molar-refractivity contribution in [3.05, 3.63) is 35.4 Å². The van der Waals surface area contributed by atoms with Crippen molar-refractivity contribution in [2.75, 3.05) is 13.1 Å². The molecule has 1 amide bonds. The minimum absolute atomic E-state index is 0.0215. The van der Waals surface area contributed by atoms with E-state index < -0.39 is 0 Å². The Balaban J connectivity index is 2.35. The molecule has 0 fully saturated rings. The molecule has 0 heterocycles. The molecule has 1 rings (SSSR count). The number of carbonyl (C=O) groups is 1. The molecule has 1 aromatic rings. The summed E-state index contributed by atoms with van der Waals surface area (Å²) in [6, 6.07) is 7.51. The van der Waals surface area contributed by atoms with Crippen molar-refractivity contribution in [2.24, 2.45) is 10.7 Å². The molecule has 0 aromatic heterocycles. The molecular weight excluding hydrogens is 300 g/mol. The Morgan fingerprint density at radius 3 is 2.29 bits per heavy atom. The van der Waals surface area contributed by atoms with Gasteiger partial charge in [-0.1, -0.05) is 51.7 Å². The third-order valence-electron chi connectivity index (χ3n) is 3.80. The fourth-order valence-electron chi connectivity index (χ4n) is 2.24. The second-order valence-corrected chi connectivity index (χ2v) is 6.00. The summed E-state index contributed by atoms with van der Waals surface area (Å²) in [5.74, 6) is 0.458. The number of hydrogen-bond donors (Lipinski definition) is 3. The number of aliphatic imine (C=N–C) groups is 1. The number of nitrogens with one attached hydrogen (secondary N) is 2. The average molecular weight is 332 g/mol. The van der Waals surface area contributed by atoms with E-state index in [1.807, 2.05) is 24.3 Å². The molecule has 0 aliphatic rings. The zero-order valence-electron chi connectivity index (χ0n) is 15.1. The number of rotatable bonds is 11. The maximum absolute atomic E-state index is 11.9. The van der Waals surface area contributed by atoms with Gasteiger partial charge in [0.05, 0.1) is 6.54 Å². The van der Waals surface area contributed by atoms with Crippen molar-refractivity contribution in [3.8, 4) is 0 Å². The minimum atomic E-state index is -0.0215. The van der Waals surface area contributed by atoms with Crippen LogP contribution in [0.1, 0.15) is 68.3 Å². The van der Waals surface area contributed by atoms with E-state index >= 15 is 0 Å². The van der Waals surface area contributed by atoms with Crippen molar-refractivity contribution >= 4 is 11.9 Å². The summed E-state index contributed by atoms with van der Waals surface area (Å²) < 4.78 is 0. The van der Waals surface area contributed by atoms with E-state index in [9.17, 15) is 4.79 Å². The fraction of sp³-hybridized carbons (Fsp3) is 0.579. The van der Waals surface area contributed by atoms with Gasteiger partial charge >= 0.3 is 0 Å². The molecule has 5 heteroatoms. The summed E-state index contributed by atoms with van der Waals surface area (Å²) >= 11 is 0. The molecule has 0 atom stereocenters. The lowest BCUT2D eigenvalue weighted by atomic mass is 10.1. The summed E-state index contributed by atoms with van der Waals surface area (Å²) in [6.07, 6.45) is 6.91. The molecule has 5 nitrogen and oxygen atoms in total. The smallest absolute Gasteiger partial charge is 0.251 e. The zero-order chi connectivity index (χ0) is 17.6. The standard InChI is InChI=1S/C19H32N4O/c1-3-5-7-8-14-22-19(20)23-15-16-9-11-17(12-10-16)18(24)21-13-6-4-2/h9-12H,3-8,13-15H2,1-2H3,(H,21,24)(H3,20,22,23). The molecule has 1 aromatic carbocycles. The summed E-state index contributed by atoms with van der Waals surface area (Å²) in [6.45, 7) is 6.41. The highest BCUT2D eigenvalue weighted by molar-refractivity contribution is 5.94. The topological polar surface area (TPSA) is 79.5 Å². The fourth-order valence-corrected chi connectivity index (χ4v) is 2.24. The first-order chi connectivity index (χ1) is 11.7. The maximum Gasteiger partial charge on any atom is 0.251 e. The Labute approximate surface area is 146 Å². The van der Waals surface area contributed by atoms with Crippen molar-refractivity contribution in [3.63, 3.8) is 0 Å². The predicted octanol–water partition coefficient (Wildman–Crippen LogP) is 3.20. The molecule has 4 N–H and O–H groups in total. The number of amides is 1. The van der Waals surface area contributed by atoms with Gasteiger partial charge in [0.2, 0.25) is 0 Å². The highest BCUT2D eigenvalue weighted by Crippen LogP contribution is 2.06. The van der Waals surface area contributed by atoms with Crippen LogP contribution in [0.3, 0.4) is 0 Å². The van der Waals surface area contributed by atoms with E-state index in [4.69, 9.17) is 5.73 Å². The van der Waals surface area contributed by atoms with Crippen molar-refractivity contribution < 1.29 is 4.79 Å². The Hall–Kier alpha value is -2.04. The predicted molar refractivity (Wildman–Crippen MR) is 101 cm³/mol. The Kier molecular flexibility index (Phi) is 10.3. The van der Waals surface area contributed by atoms with Gasteiger partial charge in [0.15, 0.2) is 5.96 Å². The van der Waals surface area contributed by atoms with Crippen LogP contribution in [0.5, 0.6) is 0 Å². The molecule has 0 aliphatic heterocycles. The first kappa shape index (κ1) is 20.0. The van der Waals surface area contributed by atoms with Gasteiger partial charge in [-0.05, 0) is 30.5 Å². The van der Waals surface area contributed by atoms with Crippen molar-refractivity contribution in [1.82, 2.24) is 10.6 Å². The Morgan fingerprint density at radius 1 is 0.958 bits per heavy atom. The van der Waals surface area contributed by atoms with Crippen LogP contribution in [0.2, 0.25) is 0 Å². The number of carbonyl (C=O) groups excluding carboxylic acids is 1. The van der Waals surface area contributed by atoms with Crippen LogP contribution in [0.4, 0.5) is 0 Å². The number of guanidine groups is 1. The molecule has 0 saturated heterocycles. The second-order valence-electron chi connectivity index (χ2n) is 6.00. The third kappa shape index (κ3) is 8.56. The Bertz CT molecular complexity index is 497. The van der Waals surface area contributed by atoms with Gasteiger partial charge < -0.3 is 16.4 Å². The van der Waals surface area contributed by atoms with E-state index in [-0.39, 0.29) is 5.91 Å². The van der Waals surface area contributed by atoms with Crippen LogP contribution in [-0.2, 0) is 6.54 Å². The number of unbranched alkanes of at least 4 members (excludes halogenated alkanes) is 4. The third-order valence-corrected chi connectivity index (χ3v) is 3.80. The van der Waals surface area contributed by atoms with Gasteiger partial charge in [0.1, 0.15) is 0 Å². The number of nitrogens with zero attached hydrogens (tertiary/aromatic N) is 1. The molecule has 0 saturated carbocycles. The first-order valence-corrected chi connectivity index (χ1v) is 9.08. The zero-order valence-corrected chi connectivity index (χ0v) is 15.1.